The summed E-state index contributed by atoms with van der Waals surface area (Å²) >= 11 is 6.02. The zero-order valence-electron chi connectivity index (χ0n) is 11.4. The summed E-state index contributed by atoms with van der Waals surface area (Å²) in [5.74, 6) is 6.43. The largest absolute Gasteiger partial charge is 0.375 e. The molecule has 0 amide bonds. The molecule has 110 valence electrons. The van der Waals surface area contributed by atoms with Crippen molar-refractivity contribution < 1.29 is 4.74 Å². The zero-order valence-corrected chi connectivity index (χ0v) is 15.1. The van der Waals surface area contributed by atoms with Gasteiger partial charge < -0.3 is 4.74 Å². The molecule has 1 saturated carbocycles. The van der Waals surface area contributed by atoms with Gasteiger partial charge in [0.2, 0.25) is 0 Å². The van der Waals surface area contributed by atoms with E-state index in [1.807, 2.05) is 0 Å². The van der Waals surface area contributed by atoms with Crippen LogP contribution in [0.5, 0.6) is 0 Å². The van der Waals surface area contributed by atoms with E-state index in [0.29, 0.717) is 5.92 Å². The molecule has 2 unspecified atom stereocenters. The monoisotopic (exact) mass is 450 g/mol. The summed E-state index contributed by atoms with van der Waals surface area (Å²) in [6, 6.07) is 6.64. The van der Waals surface area contributed by atoms with Crippen LogP contribution in [0.1, 0.15) is 43.7 Å². The Balaban J connectivity index is 1.83. The third kappa shape index (κ3) is 2.92. The van der Waals surface area contributed by atoms with Crippen molar-refractivity contribution in [3.8, 4) is 0 Å². The Morgan fingerprint density at radius 1 is 1.45 bits per heavy atom. The number of hydrazine groups is 1. The van der Waals surface area contributed by atoms with Crippen LogP contribution in [0.3, 0.4) is 0 Å². The second-order valence-corrected chi connectivity index (χ2v) is 8.05. The van der Waals surface area contributed by atoms with E-state index < -0.39 is 0 Å². The third-order valence-corrected chi connectivity index (χ3v) is 6.13. The predicted molar refractivity (Wildman–Crippen MR) is 92.2 cm³/mol. The number of benzene rings is 1. The molecule has 2 fully saturated rings. The molecule has 3 N–H and O–H groups in total. The molecule has 1 aliphatic heterocycles. The summed E-state index contributed by atoms with van der Waals surface area (Å²) in [6.07, 6.45) is 5.94. The molecular weight excluding hydrogens is 431 g/mol. The molecule has 2 atom stereocenters. The van der Waals surface area contributed by atoms with Crippen molar-refractivity contribution >= 4 is 38.5 Å². The quantitative estimate of drug-likeness (QED) is 0.417. The second kappa shape index (κ2) is 6.20. The van der Waals surface area contributed by atoms with E-state index in [2.05, 4.69) is 62.1 Å². The fraction of sp³-hybridized carbons (Fsp3) is 0.600. The average Bonchev–Trinajstić information content (AvgIpc) is 2.42. The standard InChI is InChI=1S/C15H20BrIN2O/c16-13-3-2-11(17)8-12(13)14(19-18)10-4-7-20-15(9-10)5-1-6-15/h2-3,8,10,14,19H,1,4-7,9,18H2. The summed E-state index contributed by atoms with van der Waals surface area (Å²) in [5, 5.41) is 0. The number of nitrogens with two attached hydrogens (primary N) is 1. The highest BCUT2D eigenvalue weighted by Crippen LogP contribution is 2.47. The molecule has 2 aliphatic rings. The van der Waals surface area contributed by atoms with Gasteiger partial charge in [0.25, 0.3) is 0 Å². The minimum absolute atomic E-state index is 0.159. The van der Waals surface area contributed by atoms with Crippen molar-refractivity contribution in [1.82, 2.24) is 5.43 Å². The van der Waals surface area contributed by atoms with Crippen molar-refractivity contribution in [1.29, 1.82) is 0 Å². The van der Waals surface area contributed by atoms with E-state index in [9.17, 15) is 0 Å². The highest BCUT2D eigenvalue weighted by molar-refractivity contribution is 14.1. The van der Waals surface area contributed by atoms with Gasteiger partial charge >= 0.3 is 0 Å². The van der Waals surface area contributed by atoms with Gasteiger partial charge in [0.05, 0.1) is 11.6 Å². The summed E-state index contributed by atoms with van der Waals surface area (Å²) in [6.45, 7) is 0.865. The molecule has 0 bridgehead atoms. The number of rotatable bonds is 3. The predicted octanol–water partition coefficient (Wildman–Crippen LogP) is 3.91. The Kier molecular flexibility index (Phi) is 4.72. The van der Waals surface area contributed by atoms with Gasteiger partial charge in [-0.2, -0.15) is 0 Å². The van der Waals surface area contributed by atoms with Crippen LogP contribution in [0.4, 0.5) is 0 Å². The van der Waals surface area contributed by atoms with Gasteiger partial charge in [-0.3, -0.25) is 11.3 Å². The fourth-order valence-electron chi connectivity index (χ4n) is 3.50. The first-order valence-electron chi connectivity index (χ1n) is 7.19. The van der Waals surface area contributed by atoms with Crippen molar-refractivity contribution in [2.24, 2.45) is 11.8 Å². The van der Waals surface area contributed by atoms with Crippen LogP contribution in [0, 0.1) is 9.49 Å². The molecule has 1 aliphatic carbocycles. The number of hydrogen-bond donors (Lipinski definition) is 2. The molecule has 5 heteroatoms. The van der Waals surface area contributed by atoms with Crippen molar-refractivity contribution in [3.05, 3.63) is 31.8 Å². The number of halogens is 2. The van der Waals surface area contributed by atoms with Crippen LogP contribution in [-0.4, -0.2) is 12.2 Å². The summed E-state index contributed by atoms with van der Waals surface area (Å²) in [4.78, 5) is 0. The lowest BCUT2D eigenvalue weighted by atomic mass is 9.70. The Morgan fingerprint density at radius 3 is 2.90 bits per heavy atom. The van der Waals surface area contributed by atoms with E-state index >= 15 is 0 Å². The van der Waals surface area contributed by atoms with Gasteiger partial charge in [-0.1, -0.05) is 15.9 Å². The molecule has 1 heterocycles. The minimum atomic E-state index is 0.159. The Hall–Kier alpha value is 0.310. The number of nitrogens with one attached hydrogen (secondary N) is 1. The lowest BCUT2D eigenvalue weighted by molar-refractivity contribution is -0.147. The van der Waals surface area contributed by atoms with Gasteiger partial charge in [0.1, 0.15) is 0 Å². The van der Waals surface area contributed by atoms with Crippen LogP contribution >= 0.6 is 38.5 Å². The van der Waals surface area contributed by atoms with Crippen molar-refractivity contribution in [2.75, 3.05) is 6.61 Å². The van der Waals surface area contributed by atoms with Gasteiger partial charge in [-0.15, -0.1) is 0 Å². The summed E-state index contributed by atoms with van der Waals surface area (Å²) in [5.41, 5.74) is 4.48. The van der Waals surface area contributed by atoms with Gasteiger partial charge in [0.15, 0.2) is 0 Å². The SMILES string of the molecule is NNC(c1cc(I)ccc1Br)C1CCOC2(CCC2)C1. The van der Waals surface area contributed by atoms with E-state index in [1.165, 1.54) is 28.4 Å². The average molecular weight is 451 g/mol. The van der Waals surface area contributed by atoms with Crippen molar-refractivity contribution in [3.63, 3.8) is 0 Å². The molecule has 1 aromatic carbocycles. The fourth-order valence-corrected chi connectivity index (χ4v) is 4.51. The summed E-state index contributed by atoms with van der Waals surface area (Å²) in [7, 11) is 0. The maximum Gasteiger partial charge on any atom is 0.0686 e. The Labute approximate surface area is 142 Å². The molecule has 1 saturated heterocycles. The zero-order chi connectivity index (χ0) is 14.2. The first-order valence-corrected chi connectivity index (χ1v) is 9.06. The highest BCUT2D eigenvalue weighted by atomic mass is 127. The van der Waals surface area contributed by atoms with Gasteiger partial charge in [-0.25, -0.2) is 0 Å². The lowest BCUT2D eigenvalue weighted by Crippen LogP contribution is -2.48. The van der Waals surface area contributed by atoms with Crippen LogP contribution in [-0.2, 0) is 4.74 Å². The first-order chi connectivity index (χ1) is 9.63. The maximum atomic E-state index is 6.03. The third-order valence-electron chi connectivity index (χ3n) is 4.74. The molecule has 3 rings (SSSR count). The highest BCUT2D eigenvalue weighted by Gasteiger charge is 2.44. The van der Waals surface area contributed by atoms with Crippen molar-refractivity contribution in [2.45, 2.75) is 43.7 Å². The van der Waals surface area contributed by atoms with Gasteiger partial charge in [0, 0.05) is 14.6 Å². The smallest absolute Gasteiger partial charge is 0.0686 e. The lowest BCUT2D eigenvalue weighted by Gasteiger charge is -2.48. The first kappa shape index (κ1) is 15.2. The van der Waals surface area contributed by atoms with Gasteiger partial charge in [-0.05, 0) is 84.4 Å². The number of hydrogen-bond acceptors (Lipinski definition) is 3. The second-order valence-electron chi connectivity index (χ2n) is 5.95. The van der Waals surface area contributed by atoms with E-state index in [0.717, 1.165) is 23.9 Å². The molecule has 1 aromatic rings. The molecule has 3 nitrogen and oxygen atoms in total. The molecular formula is C15H20BrIN2O. The van der Waals surface area contributed by atoms with Crippen LogP contribution in [0.25, 0.3) is 0 Å². The Morgan fingerprint density at radius 2 is 2.25 bits per heavy atom. The minimum Gasteiger partial charge on any atom is -0.375 e. The number of ether oxygens (including phenoxy) is 1. The maximum absolute atomic E-state index is 6.03. The van der Waals surface area contributed by atoms with Crippen LogP contribution < -0.4 is 11.3 Å². The Bertz CT molecular complexity index is 493. The van der Waals surface area contributed by atoms with Crippen LogP contribution in [0.2, 0.25) is 0 Å². The van der Waals surface area contributed by atoms with E-state index in [-0.39, 0.29) is 11.6 Å². The van der Waals surface area contributed by atoms with E-state index in [1.54, 1.807) is 0 Å². The topological polar surface area (TPSA) is 47.3 Å². The normalized spacial score (nSPS) is 26.2. The molecule has 0 aromatic heterocycles. The van der Waals surface area contributed by atoms with Crippen LogP contribution in [0.15, 0.2) is 22.7 Å². The van der Waals surface area contributed by atoms with E-state index in [4.69, 9.17) is 10.6 Å². The molecule has 1 spiro atoms. The molecule has 20 heavy (non-hydrogen) atoms. The summed E-state index contributed by atoms with van der Waals surface area (Å²) < 4.78 is 8.41. The molecule has 0 radical (unpaired) electrons.